The molecule has 1 amide bonds. The molecule has 1 aliphatic heterocycles. The summed E-state index contributed by atoms with van der Waals surface area (Å²) in [5.41, 5.74) is 4.66. The summed E-state index contributed by atoms with van der Waals surface area (Å²) >= 11 is 1.63. The van der Waals surface area contributed by atoms with Crippen LogP contribution in [0.1, 0.15) is 30.5 Å². The summed E-state index contributed by atoms with van der Waals surface area (Å²) in [5, 5.41) is 10.2. The van der Waals surface area contributed by atoms with Gasteiger partial charge in [-0.3, -0.25) is 14.8 Å². The summed E-state index contributed by atoms with van der Waals surface area (Å²) in [5.74, 6) is -0.0684. The van der Waals surface area contributed by atoms with Crippen molar-refractivity contribution in [1.82, 2.24) is 15.0 Å². The molecule has 0 saturated heterocycles. The van der Waals surface area contributed by atoms with E-state index >= 15 is 0 Å². The Hall–Kier alpha value is -2.60. The van der Waals surface area contributed by atoms with Crippen LogP contribution in [0.2, 0.25) is 0 Å². The number of fused-ring (bicyclic) bond motifs is 1. The zero-order valence-corrected chi connectivity index (χ0v) is 13.3. The topological polar surface area (TPSA) is 58.5 Å². The third-order valence-corrected chi connectivity index (χ3v) is 4.66. The maximum Gasteiger partial charge on any atom is 0.240 e. The van der Waals surface area contributed by atoms with Crippen LogP contribution in [0.25, 0.3) is 11.0 Å². The number of para-hydroxylation sites is 1. The number of amides is 1. The van der Waals surface area contributed by atoms with Crippen molar-refractivity contribution in [2.24, 2.45) is 5.10 Å². The Labute approximate surface area is 137 Å². The minimum Gasteiger partial charge on any atom is -0.273 e. The third kappa shape index (κ3) is 2.41. The number of carbonyl (C=O) groups excluding carboxylic acids is 1. The highest BCUT2D eigenvalue weighted by Crippen LogP contribution is 2.35. The fourth-order valence-electron chi connectivity index (χ4n) is 2.93. The molecule has 6 heteroatoms. The Morgan fingerprint density at radius 2 is 2.13 bits per heavy atom. The lowest BCUT2D eigenvalue weighted by atomic mass is 9.98. The van der Waals surface area contributed by atoms with Gasteiger partial charge in [-0.05, 0) is 22.9 Å². The molecule has 1 atom stereocenters. The van der Waals surface area contributed by atoms with Crippen LogP contribution in [-0.2, 0) is 4.79 Å². The van der Waals surface area contributed by atoms with E-state index in [9.17, 15) is 4.79 Å². The molecule has 0 fully saturated rings. The summed E-state index contributed by atoms with van der Waals surface area (Å²) in [6.45, 7) is 1.55. The lowest BCUT2D eigenvalue weighted by Gasteiger charge is -2.21. The maximum atomic E-state index is 12.1. The quantitative estimate of drug-likeness (QED) is 0.726. The summed E-state index contributed by atoms with van der Waals surface area (Å²) in [6.07, 6.45) is 4.04. The molecule has 0 N–H and O–H groups in total. The van der Waals surface area contributed by atoms with Gasteiger partial charge in [-0.2, -0.15) is 16.4 Å². The van der Waals surface area contributed by atoms with Crippen LogP contribution in [0, 0.1) is 0 Å². The molecule has 0 radical (unpaired) electrons. The van der Waals surface area contributed by atoms with Gasteiger partial charge in [0.25, 0.3) is 0 Å². The van der Waals surface area contributed by atoms with Crippen molar-refractivity contribution < 1.29 is 4.79 Å². The Kier molecular flexibility index (Phi) is 3.38. The normalized spacial score (nSPS) is 17.5. The zero-order chi connectivity index (χ0) is 15.8. The Balaban J connectivity index is 1.80. The highest BCUT2D eigenvalue weighted by atomic mass is 32.1. The minimum absolute atomic E-state index is 0.0684. The molecule has 3 heterocycles. The largest absolute Gasteiger partial charge is 0.273 e. The van der Waals surface area contributed by atoms with E-state index < -0.39 is 0 Å². The van der Waals surface area contributed by atoms with Crippen LogP contribution in [0.3, 0.4) is 0 Å². The molecule has 1 aliphatic rings. The van der Waals surface area contributed by atoms with Crippen LogP contribution in [0.5, 0.6) is 0 Å². The number of thiophene rings is 1. The highest BCUT2D eigenvalue weighted by Gasteiger charge is 2.32. The SMILES string of the molecule is CC(=O)N1N=C(c2ccsc2)CC1c1cccc2nccnc12. The number of hydrogen-bond acceptors (Lipinski definition) is 5. The maximum absolute atomic E-state index is 12.1. The van der Waals surface area contributed by atoms with Crippen molar-refractivity contribution in [3.8, 4) is 0 Å². The van der Waals surface area contributed by atoms with Gasteiger partial charge in [0.2, 0.25) is 5.91 Å². The average Bonchev–Trinajstić information content (AvgIpc) is 3.23. The monoisotopic (exact) mass is 322 g/mol. The van der Waals surface area contributed by atoms with Gasteiger partial charge >= 0.3 is 0 Å². The smallest absolute Gasteiger partial charge is 0.240 e. The average molecular weight is 322 g/mol. The molecular weight excluding hydrogens is 308 g/mol. The van der Waals surface area contributed by atoms with Gasteiger partial charge in [0, 0.05) is 36.9 Å². The van der Waals surface area contributed by atoms with E-state index in [1.807, 2.05) is 29.6 Å². The fraction of sp³-hybridized carbons (Fsp3) is 0.176. The predicted molar refractivity (Wildman–Crippen MR) is 90.3 cm³/mol. The van der Waals surface area contributed by atoms with Crippen molar-refractivity contribution in [1.29, 1.82) is 0 Å². The first-order valence-corrected chi connectivity index (χ1v) is 8.28. The Bertz CT molecular complexity index is 899. The van der Waals surface area contributed by atoms with Crippen LogP contribution < -0.4 is 0 Å². The van der Waals surface area contributed by atoms with E-state index in [1.54, 1.807) is 35.7 Å². The first-order valence-electron chi connectivity index (χ1n) is 7.33. The van der Waals surface area contributed by atoms with Gasteiger partial charge < -0.3 is 0 Å². The molecule has 1 aromatic carbocycles. The molecule has 1 unspecified atom stereocenters. The summed E-state index contributed by atoms with van der Waals surface area (Å²) in [4.78, 5) is 20.9. The number of rotatable bonds is 2. The number of hydrazone groups is 1. The molecule has 23 heavy (non-hydrogen) atoms. The minimum atomic E-state index is -0.136. The van der Waals surface area contributed by atoms with Crippen molar-refractivity contribution >= 4 is 34.0 Å². The van der Waals surface area contributed by atoms with E-state index in [2.05, 4.69) is 20.4 Å². The second-order valence-corrected chi connectivity index (χ2v) is 6.19. The van der Waals surface area contributed by atoms with Gasteiger partial charge in [0.1, 0.15) is 0 Å². The van der Waals surface area contributed by atoms with Crippen LogP contribution in [0.15, 0.2) is 52.5 Å². The third-order valence-electron chi connectivity index (χ3n) is 3.98. The molecule has 3 aromatic rings. The van der Waals surface area contributed by atoms with E-state index in [-0.39, 0.29) is 11.9 Å². The van der Waals surface area contributed by atoms with Gasteiger partial charge in [-0.15, -0.1) is 0 Å². The molecule has 0 bridgehead atoms. The van der Waals surface area contributed by atoms with E-state index in [4.69, 9.17) is 0 Å². The molecule has 2 aromatic heterocycles. The van der Waals surface area contributed by atoms with Crippen LogP contribution in [0.4, 0.5) is 0 Å². The summed E-state index contributed by atoms with van der Waals surface area (Å²) in [6, 6.07) is 7.78. The van der Waals surface area contributed by atoms with Gasteiger partial charge in [-0.25, -0.2) is 5.01 Å². The van der Waals surface area contributed by atoms with Gasteiger partial charge in [-0.1, -0.05) is 12.1 Å². The van der Waals surface area contributed by atoms with Crippen molar-refractivity contribution in [2.45, 2.75) is 19.4 Å². The zero-order valence-electron chi connectivity index (χ0n) is 12.5. The lowest BCUT2D eigenvalue weighted by molar-refractivity contribution is -0.130. The van der Waals surface area contributed by atoms with Crippen molar-refractivity contribution in [3.63, 3.8) is 0 Å². The first-order chi connectivity index (χ1) is 11.2. The Morgan fingerprint density at radius 3 is 2.91 bits per heavy atom. The van der Waals surface area contributed by atoms with Crippen LogP contribution >= 0.6 is 11.3 Å². The number of carbonyl (C=O) groups is 1. The highest BCUT2D eigenvalue weighted by molar-refractivity contribution is 7.08. The molecule has 0 spiro atoms. The standard InChI is InChI=1S/C17H14N4OS/c1-11(22)21-16(9-15(20-21)12-5-8-23-10-12)13-3-2-4-14-17(13)19-7-6-18-14/h2-8,10,16H,9H2,1H3. The van der Waals surface area contributed by atoms with Crippen molar-refractivity contribution in [3.05, 3.63) is 58.5 Å². The molecule has 0 saturated carbocycles. The first kappa shape index (κ1) is 14.0. The van der Waals surface area contributed by atoms with E-state index in [1.165, 1.54) is 0 Å². The lowest BCUT2D eigenvalue weighted by Crippen LogP contribution is -2.24. The molecule has 4 rings (SSSR count). The summed E-state index contributed by atoms with van der Waals surface area (Å²) < 4.78 is 0. The molecule has 0 aliphatic carbocycles. The van der Waals surface area contributed by atoms with Crippen molar-refractivity contribution in [2.75, 3.05) is 0 Å². The van der Waals surface area contributed by atoms with Gasteiger partial charge in [0.15, 0.2) is 0 Å². The number of benzene rings is 1. The fourth-order valence-corrected chi connectivity index (χ4v) is 3.59. The van der Waals surface area contributed by atoms with E-state index in [0.717, 1.165) is 27.9 Å². The molecule has 5 nitrogen and oxygen atoms in total. The second-order valence-electron chi connectivity index (χ2n) is 5.41. The molecule has 114 valence electrons. The number of hydrogen-bond donors (Lipinski definition) is 0. The summed E-state index contributed by atoms with van der Waals surface area (Å²) in [7, 11) is 0. The Morgan fingerprint density at radius 1 is 1.26 bits per heavy atom. The number of nitrogens with zero attached hydrogens (tertiary/aromatic N) is 4. The van der Waals surface area contributed by atoms with Crippen LogP contribution in [-0.4, -0.2) is 26.6 Å². The predicted octanol–water partition coefficient (Wildman–Crippen LogP) is 3.39. The second kappa shape index (κ2) is 5.55. The van der Waals surface area contributed by atoms with E-state index in [0.29, 0.717) is 6.42 Å². The molecular formula is C17H14N4OS. The van der Waals surface area contributed by atoms with Gasteiger partial charge in [0.05, 0.1) is 22.8 Å². The number of aromatic nitrogens is 2.